The van der Waals surface area contributed by atoms with E-state index in [-0.39, 0.29) is 11.8 Å². The Balaban J connectivity index is 1.97. The predicted octanol–water partition coefficient (Wildman–Crippen LogP) is 2.76. The van der Waals surface area contributed by atoms with E-state index < -0.39 is 0 Å². The van der Waals surface area contributed by atoms with Crippen LogP contribution in [0.1, 0.15) is 17.9 Å². The van der Waals surface area contributed by atoms with Gasteiger partial charge in [0.15, 0.2) is 0 Å². The molecular weight excluding hydrogens is 236 g/mol. The molecule has 0 aromatic heterocycles. The van der Waals surface area contributed by atoms with Crippen molar-refractivity contribution in [3.8, 4) is 0 Å². The van der Waals surface area contributed by atoms with Crippen molar-refractivity contribution in [2.75, 3.05) is 11.9 Å². The van der Waals surface area contributed by atoms with E-state index >= 15 is 0 Å². The van der Waals surface area contributed by atoms with Crippen molar-refractivity contribution < 1.29 is 4.79 Å². The summed E-state index contributed by atoms with van der Waals surface area (Å²) in [5.41, 5.74) is 7.69. The lowest BCUT2D eigenvalue weighted by atomic mass is 9.95. The first kappa shape index (κ1) is 13.3. The summed E-state index contributed by atoms with van der Waals surface area (Å²) >= 11 is 0. The number of para-hydroxylation sites is 1. The number of amides is 1. The molecule has 1 amide bonds. The van der Waals surface area contributed by atoms with Gasteiger partial charge in [0.2, 0.25) is 5.91 Å². The monoisotopic (exact) mass is 254 g/mol. The molecule has 0 aliphatic rings. The van der Waals surface area contributed by atoms with Crippen molar-refractivity contribution in [3.63, 3.8) is 0 Å². The highest BCUT2D eigenvalue weighted by molar-refractivity contribution is 5.91. The third-order valence-corrected chi connectivity index (χ3v) is 3.04. The fraction of sp³-hybridized carbons (Fsp3) is 0.188. The molecule has 0 radical (unpaired) electrons. The van der Waals surface area contributed by atoms with Crippen molar-refractivity contribution in [1.29, 1.82) is 0 Å². The Kier molecular flexibility index (Phi) is 4.70. The molecule has 0 aliphatic heterocycles. The van der Waals surface area contributed by atoms with E-state index in [0.717, 1.165) is 11.3 Å². The topological polar surface area (TPSA) is 55.1 Å². The summed E-state index contributed by atoms with van der Waals surface area (Å²) in [4.78, 5) is 12.0. The van der Waals surface area contributed by atoms with Crippen LogP contribution in [-0.4, -0.2) is 12.5 Å². The van der Waals surface area contributed by atoms with Crippen LogP contribution in [0.25, 0.3) is 0 Å². The van der Waals surface area contributed by atoms with Crippen LogP contribution >= 0.6 is 0 Å². The maximum absolute atomic E-state index is 12.0. The molecule has 0 bridgehead atoms. The standard InChI is InChI=1S/C16H18N2O/c17-12-14(13-7-3-1-4-8-13)11-16(19)18-15-9-5-2-6-10-15/h1-10,14H,11-12,17H2,(H,18,19). The van der Waals surface area contributed by atoms with Gasteiger partial charge in [0.05, 0.1) is 0 Å². The lowest BCUT2D eigenvalue weighted by Crippen LogP contribution is -2.20. The molecule has 0 fully saturated rings. The molecule has 0 saturated heterocycles. The Morgan fingerprint density at radius 2 is 1.58 bits per heavy atom. The van der Waals surface area contributed by atoms with Crippen LogP contribution < -0.4 is 11.1 Å². The van der Waals surface area contributed by atoms with Crippen LogP contribution in [0.4, 0.5) is 5.69 Å². The molecule has 3 nitrogen and oxygen atoms in total. The number of anilines is 1. The fourth-order valence-electron chi connectivity index (χ4n) is 2.02. The van der Waals surface area contributed by atoms with Gasteiger partial charge in [-0.1, -0.05) is 48.5 Å². The number of nitrogens with one attached hydrogen (secondary N) is 1. The van der Waals surface area contributed by atoms with Crippen LogP contribution in [0.15, 0.2) is 60.7 Å². The predicted molar refractivity (Wildman–Crippen MR) is 77.9 cm³/mol. The summed E-state index contributed by atoms with van der Waals surface area (Å²) in [6.45, 7) is 0.465. The van der Waals surface area contributed by atoms with Crippen LogP contribution in [0.3, 0.4) is 0 Å². The van der Waals surface area contributed by atoms with Crippen molar-refractivity contribution in [1.82, 2.24) is 0 Å². The summed E-state index contributed by atoms with van der Waals surface area (Å²) in [5, 5.41) is 2.88. The highest BCUT2D eigenvalue weighted by Gasteiger charge is 2.14. The summed E-state index contributed by atoms with van der Waals surface area (Å²) in [7, 11) is 0. The van der Waals surface area contributed by atoms with Gasteiger partial charge in [-0.15, -0.1) is 0 Å². The average molecular weight is 254 g/mol. The van der Waals surface area contributed by atoms with Gasteiger partial charge >= 0.3 is 0 Å². The fourth-order valence-corrected chi connectivity index (χ4v) is 2.02. The highest BCUT2D eigenvalue weighted by atomic mass is 16.1. The summed E-state index contributed by atoms with van der Waals surface area (Å²) in [6.07, 6.45) is 0.398. The first-order valence-corrected chi connectivity index (χ1v) is 6.39. The number of nitrogens with two attached hydrogens (primary N) is 1. The van der Waals surface area contributed by atoms with Crippen LogP contribution in [0.5, 0.6) is 0 Å². The minimum absolute atomic E-state index is 0.00879. The molecule has 2 aromatic rings. The number of carbonyl (C=O) groups is 1. The van der Waals surface area contributed by atoms with Crippen molar-refractivity contribution >= 4 is 11.6 Å². The molecule has 2 rings (SSSR count). The van der Waals surface area contributed by atoms with Crippen LogP contribution in [-0.2, 0) is 4.79 Å². The van der Waals surface area contributed by atoms with Crippen LogP contribution in [0, 0.1) is 0 Å². The third kappa shape index (κ3) is 3.93. The average Bonchev–Trinajstić information content (AvgIpc) is 2.47. The van der Waals surface area contributed by atoms with E-state index in [4.69, 9.17) is 5.73 Å². The molecule has 0 spiro atoms. The van der Waals surface area contributed by atoms with Gasteiger partial charge in [-0.25, -0.2) is 0 Å². The largest absolute Gasteiger partial charge is 0.330 e. The Morgan fingerprint density at radius 1 is 1.00 bits per heavy atom. The third-order valence-electron chi connectivity index (χ3n) is 3.04. The normalized spacial score (nSPS) is 11.8. The zero-order chi connectivity index (χ0) is 13.5. The second-order valence-electron chi connectivity index (χ2n) is 4.46. The summed E-state index contributed by atoms with van der Waals surface area (Å²) in [6, 6.07) is 19.4. The lowest BCUT2D eigenvalue weighted by Gasteiger charge is -2.15. The van der Waals surface area contributed by atoms with Gasteiger partial charge in [0.1, 0.15) is 0 Å². The minimum atomic E-state index is -0.00879. The van der Waals surface area contributed by atoms with E-state index in [2.05, 4.69) is 5.32 Å². The molecule has 3 heteroatoms. The molecule has 2 aromatic carbocycles. The minimum Gasteiger partial charge on any atom is -0.330 e. The van der Waals surface area contributed by atoms with Crippen molar-refractivity contribution in [2.24, 2.45) is 5.73 Å². The van der Waals surface area contributed by atoms with Gasteiger partial charge < -0.3 is 11.1 Å². The summed E-state index contributed by atoms with van der Waals surface area (Å²) in [5.74, 6) is 0.0513. The van der Waals surface area contributed by atoms with E-state index in [0.29, 0.717) is 13.0 Å². The molecule has 98 valence electrons. The Morgan fingerprint density at radius 3 is 2.16 bits per heavy atom. The van der Waals surface area contributed by atoms with E-state index in [9.17, 15) is 4.79 Å². The van der Waals surface area contributed by atoms with Gasteiger partial charge in [-0.3, -0.25) is 4.79 Å². The Hall–Kier alpha value is -2.13. The van der Waals surface area contributed by atoms with Gasteiger partial charge in [0.25, 0.3) is 0 Å². The second kappa shape index (κ2) is 6.71. The molecule has 19 heavy (non-hydrogen) atoms. The highest BCUT2D eigenvalue weighted by Crippen LogP contribution is 2.19. The molecule has 0 saturated carbocycles. The zero-order valence-electron chi connectivity index (χ0n) is 10.8. The van der Waals surface area contributed by atoms with Gasteiger partial charge in [0, 0.05) is 18.0 Å². The molecular formula is C16H18N2O. The van der Waals surface area contributed by atoms with Crippen molar-refractivity contribution in [3.05, 3.63) is 66.2 Å². The zero-order valence-corrected chi connectivity index (χ0v) is 10.8. The van der Waals surface area contributed by atoms with E-state index in [1.807, 2.05) is 60.7 Å². The molecule has 1 atom stereocenters. The number of hydrogen-bond donors (Lipinski definition) is 2. The maximum Gasteiger partial charge on any atom is 0.225 e. The van der Waals surface area contributed by atoms with Gasteiger partial charge in [-0.2, -0.15) is 0 Å². The molecule has 0 heterocycles. The Bertz CT molecular complexity index is 511. The SMILES string of the molecule is NCC(CC(=O)Nc1ccccc1)c1ccccc1. The Labute approximate surface area is 113 Å². The van der Waals surface area contributed by atoms with E-state index in [1.165, 1.54) is 0 Å². The number of benzene rings is 2. The summed E-state index contributed by atoms with van der Waals surface area (Å²) < 4.78 is 0. The molecule has 1 unspecified atom stereocenters. The first-order chi connectivity index (χ1) is 9.29. The number of carbonyl (C=O) groups excluding carboxylic acids is 1. The van der Waals surface area contributed by atoms with Gasteiger partial charge in [-0.05, 0) is 24.2 Å². The number of rotatable bonds is 5. The lowest BCUT2D eigenvalue weighted by molar-refractivity contribution is -0.116. The maximum atomic E-state index is 12.0. The first-order valence-electron chi connectivity index (χ1n) is 6.39. The molecule has 0 aliphatic carbocycles. The van der Waals surface area contributed by atoms with Crippen molar-refractivity contribution in [2.45, 2.75) is 12.3 Å². The van der Waals surface area contributed by atoms with E-state index in [1.54, 1.807) is 0 Å². The molecule has 3 N–H and O–H groups in total. The van der Waals surface area contributed by atoms with Crippen LogP contribution in [0.2, 0.25) is 0 Å². The smallest absolute Gasteiger partial charge is 0.225 e. The second-order valence-corrected chi connectivity index (χ2v) is 4.46. The number of hydrogen-bond acceptors (Lipinski definition) is 2. The quantitative estimate of drug-likeness (QED) is 0.862.